The average molecular weight is 436 g/mol. The molecule has 0 radical (unpaired) electrons. The van der Waals surface area contributed by atoms with Crippen molar-refractivity contribution in [3.05, 3.63) is 83.9 Å². The molecule has 4 nitrogen and oxygen atoms in total. The second kappa shape index (κ2) is 9.49. The Morgan fingerprint density at radius 2 is 1.69 bits per heavy atom. The molecule has 1 fully saturated rings. The van der Waals surface area contributed by atoms with Gasteiger partial charge < -0.3 is 15.1 Å². The first kappa shape index (κ1) is 22.0. The van der Waals surface area contributed by atoms with Gasteiger partial charge in [0.15, 0.2) is 0 Å². The summed E-state index contributed by atoms with van der Waals surface area (Å²) in [4.78, 5) is 16.3. The van der Waals surface area contributed by atoms with E-state index in [0.717, 1.165) is 36.2 Å². The van der Waals surface area contributed by atoms with Gasteiger partial charge in [0.2, 0.25) is 5.91 Å². The zero-order valence-electron chi connectivity index (χ0n) is 18.3. The fourth-order valence-electron chi connectivity index (χ4n) is 4.07. The van der Waals surface area contributed by atoms with Crippen LogP contribution in [0.2, 0.25) is 0 Å². The van der Waals surface area contributed by atoms with Gasteiger partial charge in [-0.2, -0.15) is 0 Å². The first-order valence-electron chi connectivity index (χ1n) is 10.8. The molecule has 32 heavy (non-hydrogen) atoms. The van der Waals surface area contributed by atoms with Gasteiger partial charge in [0, 0.05) is 31.9 Å². The summed E-state index contributed by atoms with van der Waals surface area (Å²) in [5.74, 6) is -0.711. The highest BCUT2D eigenvalue weighted by molar-refractivity contribution is 5.94. The standard InChI is InChI=1S/C26H27F2N3O/c1-29-22-13-14-31(17-22)25-12-11-23(16-24(25)28)30(2)26(32)15-18-3-5-19(6-4-18)20-7-9-21(27)10-8-20/h3-12,16,22,29H,13-15,17H2,1-2H3. The molecular weight excluding hydrogens is 408 g/mol. The lowest BCUT2D eigenvalue weighted by Crippen LogP contribution is -2.30. The first-order valence-corrected chi connectivity index (χ1v) is 10.8. The molecule has 4 rings (SSSR count). The van der Waals surface area contributed by atoms with Gasteiger partial charge in [0.1, 0.15) is 11.6 Å². The average Bonchev–Trinajstić information content (AvgIpc) is 3.28. The van der Waals surface area contributed by atoms with Crippen LogP contribution in [-0.4, -0.2) is 39.1 Å². The summed E-state index contributed by atoms with van der Waals surface area (Å²) in [5, 5.41) is 3.23. The first-order chi connectivity index (χ1) is 15.4. The van der Waals surface area contributed by atoms with Crippen LogP contribution in [0.4, 0.5) is 20.2 Å². The van der Waals surface area contributed by atoms with Crippen LogP contribution in [-0.2, 0) is 11.2 Å². The van der Waals surface area contributed by atoms with E-state index in [1.54, 1.807) is 31.3 Å². The van der Waals surface area contributed by atoms with Crippen molar-refractivity contribution in [1.82, 2.24) is 5.32 Å². The summed E-state index contributed by atoms with van der Waals surface area (Å²) in [5.41, 5.74) is 3.83. The van der Waals surface area contributed by atoms with E-state index >= 15 is 0 Å². The van der Waals surface area contributed by atoms with Crippen molar-refractivity contribution in [3.8, 4) is 11.1 Å². The minimum Gasteiger partial charge on any atom is -0.368 e. The highest BCUT2D eigenvalue weighted by atomic mass is 19.1. The second-order valence-electron chi connectivity index (χ2n) is 8.19. The van der Waals surface area contributed by atoms with Crippen LogP contribution in [0.5, 0.6) is 0 Å². The van der Waals surface area contributed by atoms with Crippen LogP contribution in [0.1, 0.15) is 12.0 Å². The molecular formula is C26H27F2N3O. The number of carbonyl (C=O) groups excluding carboxylic acids is 1. The summed E-state index contributed by atoms with van der Waals surface area (Å²) in [6.07, 6.45) is 1.19. The summed E-state index contributed by atoms with van der Waals surface area (Å²) >= 11 is 0. The maximum absolute atomic E-state index is 14.8. The van der Waals surface area contributed by atoms with Crippen molar-refractivity contribution >= 4 is 17.3 Å². The molecule has 3 aromatic carbocycles. The maximum Gasteiger partial charge on any atom is 0.231 e. The van der Waals surface area contributed by atoms with E-state index in [1.807, 2.05) is 36.2 Å². The van der Waals surface area contributed by atoms with Crippen LogP contribution in [0.15, 0.2) is 66.7 Å². The summed E-state index contributed by atoms with van der Waals surface area (Å²) < 4.78 is 27.9. The van der Waals surface area contributed by atoms with E-state index in [0.29, 0.717) is 17.4 Å². The zero-order valence-corrected chi connectivity index (χ0v) is 18.3. The lowest BCUT2D eigenvalue weighted by molar-refractivity contribution is -0.117. The third-order valence-electron chi connectivity index (χ3n) is 6.12. The molecule has 1 N–H and O–H groups in total. The molecule has 1 aliphatic heterocycles. The molecule has 1 aliphatic rings. The number of rotatable bonds is 6. The van der Waals surface area contributed by atoms with Crippen LogP contribution in [0.25, 0.3) is 11.1 Å². The zero-order chi connectivity index (χ0) is 22.7. The number of anilines is 2. The van der Waals surface area contributed by atoms with Gasteiger partial charge >= 0.3 is 0 Å². The van der Waals surface area contributed by atoms with E-state index in [9.17, 15) is 13.6 Å². The SMILES string of the molecule is CNC1CCN(c2ccc(N(C)C(=O)Cc3ccc(-c4ccc(F)cc4)cc3)cc2F)C1. The van der Waals surface area contributed by atoms with Gasteiger partial charge in [-0.1, -0.05) is 36.4 Å². The van der Waals surface area contributed by atoms with Gasteiger partial charge in [-0.15, -0.1) is 0 Å². The molecule has 166 valence electrons. The van der Waals surface area contributed by atoms with E-state index in [4.69, 9.17) is 0 Å². The molecule has 1 unspecified atom stereocenters. The number of benzene rings is 3. The topological polar surface area (TPSA) is 35.6 Å². The van der Waals surface area contributed by atoms with Crippen LogP contribution >= 0.6 is 0 Å². The van der Waals surface area contributed by atoms with Crippen LogP contribution in [0.3, 0.4) is 0 Å². The second-order valence-corrected chi connectivity index (χ2v) is 8.19. The molecule has 0 aromatic heterocycles. The van der Waals surface area contributed by atoms with Crippen molar-refractivity contribution in [1.29, 1.82) is 0 Å². The fraction of sp³-hybridized carbons (Fsp3) is 0.269. The predicted octanol–water partition coefficient (Wildman–Crippen LogP) is 4.64. The number of likely N-dealkylation sites (N-methyl/N-ethyl adjacent to an activating group) is 2. The van der Waals surface area contributed by atoms with Crippen LogP contribution < -0.4 is 15.1 Å². The number of hydrogen-bond acceptors (Lipinski definition) is 3. The lowest BCUT2D eigenvalue weighted by Gasteiger charge is -2.22. The van der Waals surface area contributed by atoms with Gasteiger partial charge in [0.25, 0.3) is 0 Å². The molecule has 1 atom stereocenters. The monoisotopic (exact) mass is 435 g/mol. The van der Waals surface area contributed by atoms with Crippen molar-refractivity contribution in [3.63, 3.8) is 0 Å². The van der Waals surface area contributed by atoms with Crippen LogP contribution in [0, 0.1) is 11.6 Å². The van der Waals surface area contributed by atoms with Gasteiger partial charge in [-0.25, -0.2) is 8.78 Å². The molecule has 0 spiro atoms. The molecule has 6 heteroatoms. The normalized spacial score (nSPS) is 15.8. The molecule has 3 aromatic rings. The Morgan fingerprint density at radius 3 is 2.28 bits per heavy atom. The minimum absolute atomic E-state index is 0.122. The summed E-state index contributed by atoms with van der Waals surface area (Å²) in [7, 11) is 3.58. The number of nitrogens with zero attached hydrogens (tertiary/aromatic N) is 2. The van der Waals surface area contributed by atoms with Gasteiger partial charge in [-0.3, -0.25) is 4.79 Å². The fourth-order valence-corrected chi connectivity index (χ4v) is 4.07. The number of amides is 1. The van der Waals surface area contributed by atoms with Gasteiger partial charge in [0.05, 0.1) is 12.1 Å². The Balaban J connectivity index is 1.41. The summed E-state index contributed by atoms with van der Waals surface area (Å²) in [6.45, 7) is 1.58. The van der Waals surface area contributed by atoms with E-state index in [-0.39, 0.29) is 24.0 Å². The van der Waals surface area contributed by atoms with Gasteiger partial charge in [-0.05, 0) is 60.5 Å². The smallest absolute Gasteiger partial charge is 0.231 e. The number of carbonyl (C=O) groups is 1. The number of hydrogen-bond donors (Lipinski definition) is 1. The summed E-state index contributed by atoms with van der Waals surface area (Å²) in [6, 6.07) is 19.3. The highest BCUT2D eigenvalue weighted by Gasteiger charge is 2.24. The van der Waals surface area contributed by atoms with Crippen molar-refractivity contribution in [2.45, 2.75) is 18.9 Å². The van der Waals surface area contributed by atoms with E-state index in [1.165, 1.54) is 23.1 Å². The van der Waals surface area contributed by atoms with E-state index < -0.39 is 0 Å². The van der Waals surface area contributed by atoms with Crippen molar-refractivity contribution < 1.29 is 13.6 Å². The predicted molar refractivity (Wildman–Crippen MR) is 125 cm³/mol. The molecule has 1 amide bonds. The minimum atomic E-state index is -0.317. The Bertz CT molecular complexity index is 1080. The third-order valence-corrected chi connectivity index (χ3v) is 6.12. The molecule has 0 bridgehead atoms. The molecule has 0 saturated carbocycles. The quantitative estimate of drug-likeness (QED) is 0.613. The van der Waals surface area contributed by atoms with Crippen molar-refractivity contribution in [2.24, 2.45) is 0 Å². The Kier molecular flexibility index (Phi) is 6.51. The molecule has 1 saturated heterocycles. The Morgan fingerprint density at radius 1 is 1.03 bits per heavy atom. The van der Waals surface area contributed by atoms with E-state index in [2.05, 4.69) is 5.32 Å². The molecule has 0 aliphatic carbocycles. The Labute approximate surface area is 187 Å². The molecule has 1 heterocycles. The number of halogens is 2. The number of nitrogens with one attached hydrogen (secondary N) is 1. The largest absolute Gasteiger partial charge is 0.368 e. The maximum atomic E-state index is 14.8. The highest BCUT2D eigenvalue weighted by Crippen LogP contribution is 2.28. The third kappa shape index (κ3) is 4.81. The lowest BCUT2D eigenvalue weighted by atomic mass is 10.0. The van der Waals surface area contributed by atoms with Crippen molar-refractivity contribution in [2.75, 3.05) is 37.0 Å². The Hall–Kier alpha value is -3.25.